The minimum atomic E-state index is -3.50. The second kappa shape index (κ2) is 8.62. The molecular formula is C22H25Cl2N3O3S. The van der Waals surface area contributed by atoms with E-state index in [0.29, 0.717) is 28.0 Å². The fraction of sp³-hybridized carbons (Fsp3) is 0.409. The van der Waals surface area contributed by atoms with E-state index in [1.165, 1.54) is 4.31 Å². The second-order valence-electron chi connectivity index (χ2n) is 8.29. The first kappa shape index (κ1) is 22.4. The number of carbonyl (C=O) groups excluding carboxylic acids is 1. The summed E-state index contributed by atoms with van der Waals surface area (Å²) in [5, 5.41) is 6.85. The molecule has 1 heterocycles. The summed E-state index contributed by atoms with van der Waals surface area (Å²) in [5.41, 5.74) is 1.71. The number of nitrogens with one attached hydrogen (secondary N) is 2. The number of halogens is 2. The van der Waals surface area contributed by atoms with Gasteiger partial charge in [-0.15, -0.1) is 0 Å². The van der Waals surface area contributed by atoms with Crippen molar-refractivity contribution in [1.82, 2.24) is 14.9 Å². The van der Waals surface area contributed by atoms with Crippen LogP contribution in [-0.4, -0.2) is 37.9 Å². The predicted octanol–water partition coefficient (Wildman–Crippen LogP) is 4.21. The van der Waals surface area contributed by atoms with E-state index in [9.17, 15) is 13.2 Å². The van der Waals surface area contributed by atoms with Gasteiger partial charge in [0, 0.05) is 41.1 Å². The topological polar surface area (TPSA) is 78.5 Å². The van der Waals surface area contributed by atoms with Crippen molar-refractivity contribution >= 4 is 39.3 Å². The van der Waals surface area contributed by atoms with Gasteiger partial charge in [-0.25, -0.2) is 13.2 Å². The van der Waals surface area contributed by atoms with Crippen LogP contribution in [0.4, 0.5) is 4.79 Å². The molecule has 0 aromatic heterocycles. The third kappa shape index (κ3) is 4.42. The van der Waals surface area contributed by atoms with Crippen LogP contribution in [0.3, 0.4) is 0 Å². The Morgan fingerprint density at radius 2 is 1.87 bits per heavy atom. The summed E-state index contributed by atoms with van der Waals surface area (Å²) in [6.07, 6.45) is 2.61. The molecule has 0 unspecified atom stereocenters. The maximum Gasteiger partial charge on any atom is 0.315 e. The van der Waals surface area contributed by atoms with Crippen molar-refractivity contribution in [3.63, 3.8) is 0 Å². The molecule has 0 bridgehead atoms. The first-order valence-corrected chi connectivity index (χ1v) is 12.5. The summed E-state index contributed by atoms with van der Waals surface area (Å²) in [6, 6.07) is 11.9. The Kier molecular flexibility index (Phi) is 6.23. The number of carbonyl (C=O) groups is 1. The summed E-state index contributed by atoms with van der Waals surface area (Å²) in [6.45, 7) is 3.18. The molecular weight excluding hydrogens is 457 g/mol. The standard InChI is InChI=1S/C22H25Cl2N3O3S/c1-2-15-3-7-18(8-4-15)31(29,30)27-13-22(14-27)10-9-20(22)26-21(28)25-12-16-5-6-17(23)11-19(16)24/h3-8,11,20H,2,9-10,12-14H2,1H3,(H2,25,26,28)/t20-/m1/s1. The van der Waals surface area contributed by atoms with Gasteiger partial charge in [0.05, 0.1) is 4.90 Å². The largest absolute Gasteiger partial charge is 0.335 e. The van der Waals surface area contributed by atoms with Crippen molar-refractivity contribution in [3.05, 3.63) is 63.6 Å². The summed E-state index contributed by atoms with van der Waals surface area (Å²) < 4.78 is 27.3. The van der Waals surface area contributed by atoms with Crippen LogP contribution in [0.5, 0.6) is 0 Å². The molecule has 2 N–H and O–H groups in total. The number of amides is 2. The third-order valence-electron chi connectivity index (χ3n) is 6.38. The average molecular weight is 482 g/mol. The number of hydrogen-bond acceptors (Lipinski definition) is 3. The van der Waals surface area contributed by atoms with Crippen LogP contribution < -0.4 is 10.6 Å². The van der Waals surface area contributed by atoms with Crippen LogP contribution in [0.1, 0.15) is 30.9 Å². The number of nitrogens with zero attached hydrogens (tertiary/aromatic N) is 1. The fourth-order valence-electron chi connectivity index (χ4n) is 4.22. The summed E-state index contributed by atoms with van der Waals surface area (Å²) in [4.78, 5) is 12.7. The zero-order chi connectivity index (χ0) is 22.2. The smallest absolute Gasteiger partial charge is 0.315 e. The molecule has 1 spiro atoms. The first-order valence-electron chi connectivity index (χ1n) is 10.3. The third-order valence-corrected chi connectivity index (χ3v) is 8.77. The maximum atomic E-state index is 12.9. The number of benzene rings is 2. The normalized spacial score (nSPS) is 20.0. The molecule has 2 fully saturated rings. The average Bonchev–Trinajstić information content (AvgIpc) is 2.69. The molecule has 9 heteroatoms. The van der Waals surface area contributed by atoms with Crippen molar-refractivity contribution < 1.29 is 13.2 Å². The molecule has 4 rings (SSSR count). The summed E-state index contributed by atoms with van der Waals surface area (Å²) in [7, 11) is -3.50. The molecule has 31 heavy (non-hydrogen) atoms. The lowest BCUT2D eigenvalue weighted by molar-refractivity contribution is -0.0418. The molecule has 2 aromatic rings. The summed E-state index contributed by atoms with van der Waals surface area (Å²) >= 11 is 12.0. The van der Waals surface area contributed by atoms with Crippen LogP contribution in [0.2, 0.25) is 10.0 Å². The molecule has 1 aliphatic heterocycles. The number of hydrogen-bond donors (Lipinski definition) is 2. The van der Waals surface area contributed by atoms with Crippen molar-refractivity contribution in [2.24, 2.45) is 5.41 Å². The molecule has 1 aliphatic carbocycles. The molecule has 1 saturated heterocycles. The Hall–Kier alpha value is -1.80. The van der Waals surface area contributed by atoms with Gasteiger partial charge in [-0.2, -0.15) is 4.31 Å². The highest BCUT2D eigenvalue weighted by molar-refractivity contribution is 7.89. The molecule has 0 radical (unpaired) electrons. The van der Waals surface area contributed by atoms with E-state index in [2.05, 4.69) is 10.6 Å². The van der Waals surface area contributed by atoms with Gasteiger partial charge >= 0.3 is 6.03 Å². The van der Waals surface area contributed by atoms with Gasteiger partial charge < -0.3 is 10.6 Å². The van der Waals surface area contributed by atoms with Gasteiger partial charge in [-0.05, 0) is 54.7 Å². The quantitative estimate of drug-likeness (QED) is 0.648. The first-order chi connectivity index (χ1) is 14.7. The Balaban J connectivity index is 1.31. The van der Waals surface area contributed by atoms with Gasteiger partial charge in [0.1, 0.15) is 0 Å². The molecule has 2 amide bonds. The van der Waals surface area contributed by atoms with E-state index in [4.69, 9.17) is 23.2 Å². The van der Waals surface area contributed by atoms with Crippen LogP contribution >= 0.6 is 23.2 Å². The molecule has 1 saturated carbocycles. The second-order valence-corrected chi connectivity index (χ2v) is 11.1. The molecule has 1 atom stereocenters. The van der Waals surface area contributed by atoms with Crippen LogP contribution in [0.15, 0.2) is 47.4 Å². The Bertz CT molecular complexity index is 1080. The van der Waals surface area contributed by atoms with Crippen molar-refractivity contribution in [1.29, 1.82) is 0 Å². The van der Waals surface area contributed by atoms with E-state index in [1.807, 2.05) is 19.1 Å². The summed E-state index contributed by atoms with van der Waals surface area (Å²) in [5.74, 6) is 0. The van der Waals surface area contributed by atoms with Crippen molar-refractivity contribution in [2.75, 3.05) is 13.1 Å². The molecule has 166 valence electrons. The van der Waals surface area contributed by atoms with E-state index < -0.39 is 10.0 Å². The van der Waals surface area contributed by atoms with Gasteiger partial charge in [0.15, 0.2) is 0 Å². The van der Waals surface area contributed by atoms with Crippen LogP contribution in [0, 0.1) is 5.41 Å². The van der Waals surface area contributed by atoms with Crippen molar-refractivity contribution in [2.45, 2.75) is 43.7 Å². The van der Waals surface area contributed by atoms with E-state index in [0.717, 1.165) is 30.4 Å². The predicted molar refractivity (Wildman–Crippen MR) is 122 cm³/mol. The Morgan fingerprint density at radius 3 is 2.45 bits per heavy atom. The fourth-order valence-corrected chi connectivity index (χ4v) is 6.33. The lowest BCUT2D eigenvalue weighted by atomic mass is 9.60. The number of rotatable bonds is 6. The number of urea groups is 1. The van der Waals surface area contributed by atoms with Gasteiger partial charge in [-0.1, -0.05) is 48.3 Å². The van der Waals surface area contributed by atoms with Gasteiger partial charge in [0.2, 0.25) is 10.0 Å². The maximum absolute atomic E-state index is 12.9. The highest BCUT2D eigenvalue weighted by Gasteiger charge is 2.58. The van der Waals surface area contributed by atoms with Gasteiger partial charge in [-0.3, -0.25) is 0 Å². The monoisotopic (exact) mass is 481 g/mol. The van der Waals surface area contributed by atoms with E-state index in [1.54, 1.807) is 30.3 Å². The van der Waals surface area contributed by atoms with Crippen LogP contribution in [-0.2, 0) is 23.0 Å². The van der Waals surface area contributed by atoms with Crippen molar-refractivity contribution in [3.8, 4) is 0 Å². The lowest BCUT2D eigenvalue weighted by Crippen LogP contribution is -2.71. The highest BCUT2D eigenvalue weighted by atomic mass is 35.5. The zero-order valence-corrected chi connectivity index (χ0v) is 19.5. The lowest BCUT2D eigenvalue weighted by Gasteiger charge is -2.59. The van der Waals surface area contributed by atoms with Gasteiger partial charge in [0.25, 0.3) is 0 Å². The highest BCUT2D eigenvalue weighted by Crippen LogP contribution is 2.50. The minimum Gasteiger partial charge on any atom is -0.335 e. The number of sulfonamides is 1. The zero-order valence-electron chi connectivity index (χ0n) is 17.2. The van der Waals surface area contributed by atoms with Crippen LogP contribution in [0.25, 0.3) is 0 Å². The van der Waals surface area contributed by atoms with E-state index >= 15 is 0 Å². The minimum absolute atomic E-state index is 0.0397. The Labute approximate surface area is 193 Å². The molecule has 6 nitrogen and oxygen atoms in total. The van der Waals surface area contributed by atoms with E-state index in [-0.39, 0.29) is 24.0 Å². The molecule has 2 aromatic carbocycles. The Morgan fingerprint density at radius 1 is 1.16 bits per heavy atom. The SMILES string of the molecule is CCc1ccc(S(=O)(=O)N2CC3(CC[C@H]3NC(=O)NCc3ccc(Cl)cc3Cl)C2)cc1. The molecule has 2 aliphatic rings. The number of aryl methyl sites for hydroxylation is 1.